The number of carbonyl (C=O) groups excluding carboxylic acids is 1. The van der Waals surface area contributed by atoms with Gasteiger partial charge in [0.2, 0.25) is 5.91 Å². The molecule has 0 aliphatic carbocycles. The van der Waals surface area contributed by atoms with Crippen molar-refractivity contribution in [3.63, 3.8) is 0 Å². The fourth-order valence-corrected chi connectivity index (χ4v) is 3.10. The molecule has 126 valence electrons. The Bertz CT molecular complexity index is 605. The molecule has 1 amide bonds. The Morgan fingerprint density at radius 1 is 1.35 bits per heavy atom. The van der Waals surface area contributed by atoms with Crippen LogP contribution in [0.2, 0.25) is 0 Å². The number of thioether (sulfide) groups is 1. The Morgan fingerprint density at radius 3 is 2.61 bits per heavy atom. The summed E-state index contributed by atoms with van der Waals surface area (Å²) in [6.45, 7) is 2.73. The third-order valence-corrected chi connectivity index (χ3v) is 4.37. The number of rotatable bonds is 7. The molecule has 2 rings (SSSR count). The lowest BCUT2D eigenvalue weighted by Crippen LogP contribution is -2.38. The molecule has 0 spiro atoms. The number of aryl methyl sites for hydroxylation is 1. The zero-order chi connectivity index (χ0) is 15.9. The van der Waals surface area contributed by atoms with Gasteiger partial charge < -0.3 is 10.6 Å². The van der Waals surface area contributed by atoms with Crippen LogP contribution < -0.4 is 10.6 Å². The molecule has 1 aromatic carbocycles. The Kier molecular flexibility index (Phi) is 8.16. The first-order chi connectivity index (χ1) is 10.6. The lowest BCUT2D eigenvalue weighted by Gasteiger charge is -2.17. The predicted molar refractivity (Wildman–Crippen MR) is 97.0 cm³/mol. The zero-order valence-electron chi connectivity index (χ0n) is 13.5. The highest BCUT2D eigenvalue weighted by Crippen LogP contribution is 2.22. The van der Waals surface area contributed by atoms with Gasteiger partial charge in [-0.1, -0.05) is 25.1 Å². The van der Waals surface area contributed by atoms with E-state index < -0.39 is 0 Å². The molecule has 0 saturated carbocycles. The van der Waals surface area contributed by atoms with Gasteiger partial charge in [0, 0.05) is 35.5 Å². The highest BCUT2D eigenvalue weighted by Gasteiger charge is 2.20. The van der Waals surface area contributed by atoms with Crippen LogP contribution in [0.25, 0.3) is 0 Å². The summed E-state index contributed by atoms with van der Waals surface area (Å²) in [7, 11) is 3.62. The molecule has 0 fully saturated rings. The Labute approximate surface area is 147 Å². The number of halogens is 1. The van der Waals surface area contributed by atoms with Crippen molar-refractivity contribution in [1.82, 2.24) is 20.4 Å². The molecule has 0 aliphatic heterocycles. The maximum absolute atomic E-state index is 12.3. The SMILES string of the molecule is CNC(C(=O)NCC(C)Sc1ccccc1)c1cnn(C)c1.Cl. The number of nitrogens with zero attached hydrogens (tertiary/aromatic N) is 2. The first-order valence-corrected chi connectivity index (χ1v) is 8.13. The van der Waals surface area contributed by atoms with Crippen LogP contribution in [-0.2, 0) is 11.8 Å². The van der Waals surface area contributed by atoms with Crippen LogP contribution in [0.1, 0.15) is 18.5 Å². The van der Waals surface area contributed by atoms with E-state index in [1.807, 2.05) is 31.4 Å². The van der Waals surface area contributed by atoms with Gasteiger partial charge in [-0.2, -0.15) is 5.10 Å². The summed E-state index contributed by atoms with van der Waals surface area (Å²) in [5.74, 6) is -0.0315. The molecule has 2 N–H and O–H groups in total. The molecule has 2 unspecified atom stereocenters. The predicted octanol–water partition coefficient (Wildman–Crippen LogP) is 2.40. The maximum atomic E-state index is 12.3. The third-order valence-electron chi connectivity index (χ3n) is 3.25. The minimum atomic E-state index is -0.373. The molecule has 5 nitrogen and oxygen atoms in total. The van der Waals surface area contributed by atoms with Gasteiger partial charge in [0.25, 0.3) is 0 Å². The molecule has 1 heterocycles. The number of nitrogens with one attached hydrogen (secondary N) is 2. The van der Waals surface area contributed by atoms with E-state index >= 15 is 0 Å². The standard InChI is InChI=1S/C16H22N4OS.ClH/c1-12(22-14-7-5-4-6-8-14)9-18-16(21)15(17-2)13-10-19-20(3)11-13;/h4-8,10-12,15,17H,9H2,1-3H3,(H,18,21);1H. The first kappa shape index (κ1) is 19.5. The molecule has 0 aliphatic rings. The minimum Gasteiger partial charge on any atom is -0.353 e. The van der Waals surface area contributed by atoms with E-state index in [0.717, 1.165) is 5.56 Å². The van der Waals surface area contributed by atoms with Crippen LogP contribution >= 0.6 is 24.2 Å². The summed E-state index contributed by atoms with van der Waals surface area (Å²) in [5, 5.41) is 10.4. The minimum absolute atomic E-state index is 0. The molecular weight excluding hydrogens is 332 g/mol. The van der Waals surface area contributed by atoms with E-state index in [1.54, 1.807) is 29.7 Å². The Hall–Kier alpha value is -1.50. The van der Waals surface area contributed by atoms with Crippen molar-refractivity contribution in [2.45, 2.75) is 23.1 Å². The summed E-state index contributed by atoms with van der Waals surface area (Å²) < 4.78 is 1.70. The van der Waals surface area contributed by atoms with Gasteiger partial charge in [0.05, 0.1) is 6.20 Å². The summed E-state index contributed by atoms with van der Waals surface area (Å²) in [6, 6.07) is 9.83. The molecule has 0 saturated heterocycles. The highest BCUT2D eigenvalue weighted by molar-refractivity contribution is 8.00. The number of amides is 1. The van der Waals surface area contributed by atoms with Crippen molar-refractivity contribution in [2.75, 3.05) is 13.6 Å². The number of hydrogen-bond donors (Lipinski definition) is 2. The molecular formula is C16H23ClN4OS. The zero-order valence-corrected chi connectivity index (χ0v) is 15.2. The summed E-state index contributed by atoms with van der Waals surface area (Å²) in [6.07, 6.45) is 3.56. The lowest BCUT2D eigenvalue weighted by atomic mass is 10.1. The highest BCUT2D eigenvalue weighted by atomic mass is 35.5. The van der Waals surface area contributed by atoms with Crippen molar-refractivity contribution < 1.29 is 4.79 Å². The van der Waals surface area contributed by atoms with Gasteiger partial charge in [-0.3, -0.25) is 9.48 Å². The Balaban J connectivity index is 0.00000264. The van der Waals surface area contributed by atoms with Gasteiger partial charge in [0.15, 0.2) is 0 Å². The molecule has 2 aromatic rings. The average Bonchev–Trinajstić information content (AvgIpc) is 2.93. The van der Waals surface area contributed by atoms with E-state index in [2.05, 4.69) is 34.8 Å². The normalized spacial score (nSPS) is 13.0. The first-order valence-electron chi connectivity index (χ1n) is 7.25. The third kappa shape index (κ3) is 5.89. The fourth-order valence-electron chi connectivity index (χ4n) is 2.16. The maximum Gasteiger partial charge on any atom is 0.241 e. The van der Waals surface area contributed by atoms with Crippen LogP contribution in [0.4, 0.5) is 0 Å². The van der Waals surface area contributed by atoms with E-state index in [1.165, 1.54) is 4.90 Å². The van der Waals surface area contributed by atoms with Gasteiger partial charge in [-0.15, -0.1) is 24.2 Å². The number of aromatic nitrogens is 2. The quantitative estimate of drug-likeness (QED) is 0.750. The topological polar surface area (TPSA) is 59.0 Å². The molecule has 2 atom stereocenters. The summed E-state index contributed by atoms with van der Waals surface area (Å²) >= 11 is 1.75. The van der Waals surface area contributed by atoms with Crippen LogP contribution in [0.3, 0.4) is 0 Å². The number of carbonyl (C=O) groups is 1. The summed E-state index contributed by atoms with van der Waals surface area (Å²) in [5.41, 5.74) is 0.867. The second kappa shape index (κ2) is 9.60. The van der Waals surface area contributed by atoms with Crippen molar-refractivity contribution in [3.05, 3.63) is 48.3 Å². The van der Waals surface area contributed by atoms with Crippen molar-refractivity contribution in [3.8, 4) is 0 Å². The van der Waals surface area contributed by atoms with Crippen LogP contribution in [0.15, 0.2) is 47.6 Å². The molecule has 7 heteroatoms. The monoisotopic (exact) mass is 354 g/mol. The van der Waals surface area contributed by atoms with Crippen LogP contribution in [0, 0.1) is 0 Å². The van der Waals surface area contributed by atoms with E-state index in [9.17, 15) is 4.79 Å². The molecule has 0 bridgehead atoms. The number of benzene rings is 1. The van der Waals surface area contributed by atoms with E-state index in [0.29, 0.717) is 11.8 Å². The second-order valence-electron chi connectivity index (χ2n) is 5.16. The second-order valence-corrected chi connectivity index (χ2v) is 6.67. The van der Waals surface area contributed by atoms with E-state index in [4.69, 9.17) is 0 Å². The van der Waals surface area contributed by atoms with Crippen molar-refractivity contribution in [1.29, 1.82) is 0 Å². The smallest absolute Gasteiger partial charge is 0.241 e. The van der Waals surface area contributed by atoms with Crippen LogP contribution in [-0.4, -0.2) is 34.5 Å². The van der Waals surface area contributed by atoms with Crippen molar-refractivity contribution >= 4 is 30.1 Å². The molecule has 23 heavy (non-hydrogen) atoms. The Morgan fingerprint density at radius 2 is 2.04 bits per heavy atom. The number of likely N-dealkylation sites (N-methyl/N-ethyl adjacent to an activating group) is 1. The largest absolute Gasteiger partial charge is 0.353 e. The molecule has 0 radical (unpaired) electrons. The van der Waals surface area contributed by atoms with Gasteiger partial charge in [0.1, 0.15) is 6.04 Å². The van der Waals surface area contributed by atoms with Gasteiger partial charge >= 0.3 is 0 Å². The van der Waals surface area contributed by atoms with Crippen molar-refractivity contribution in [2.24, 2.45) is 7.05 Å². The number of hydrogen-bond acceptors (Lipinski definition) is 4. The van der Waals surface area contributed by atoms with Crippen LogP contribution in [0.5, 0.6) is 0 Å². The molecule has 1 aromatic heterocycles. The summed E-state index contributed by atoms with van der Waals surface area (Å²) in [4.78, 5) is 13.5. The lowest BCUT2D eigenvalue weighted by molar-refractivity contribution is -0.123. The average molecular weight is 355 g/mol. The fraction of sp³-hybridized carbons (Fsp3) is 0.375. The van der Waals surface area contributed by atoms with Gasteiger partial charge in [-0.05, 0) is 19.2 Å². The van der Waals surface area contributed by atoms with Gasteiger partial charge in [-0.25, -0.2) is 0 Å². The van der Waals surface area contributed by atoms with E-state index in [-0.39, 0.29) is 24.4 Å².